The number of hydrogen-bond acceptors (Lipinski definition) is 3. The molecule has 0 saturated carbocycles. The minimum atomic E-state index is -4.45. The SMILES string of the molecule is CCCCC(CC)Cc1ccc(-c2ccc(-c3n[nH]c(C(F)(F)F)c3C)nc2)s1. The van der Waals surface area contributed by atoms with Gasteiger partial charge in [0.2, 0.25) is 0 Å². The summed E-state index contributed by atoms with van der Waals surface area (Å²) in [7, 11) is 0. The van der Waals surface area contributed by atoms with Crippen LogP contribution in [0.5, 0.6) is 0 Å². The van der Waals surface area contributed by atoms with Gasteiger partial charge in [-0.15, -0.1) is 11.3 Å². The summed E-state index contributed by atoms with van der Waals surface area (Å²) in [6, 6.07) is 7.91. The van der Waals surface area contributed by atoms with E-state index in [0.717, 1.165) is 16.9 Å². The fourth-order valence-corrected chi connectivity index (χ4v) is 4.59. The zero-order valence-corrected chi connectivity index (χ0v) is 17.8. The third-order valence-electron chi connectivity index (χ3n) is 5.28. The average Bonchev–Trinajstić information content (AvgIpc) is 3.31. The summed E-state index contributed by atoms with van der Waals surface area (Å²) in [5, 5.41) is 5.91. The third-order valence-corrected chi connectivity index (χ3v) is 6.44. The zero-order chi connectivity index (χ0) is 21.0. The molecule has 3 aromatic rings. The number of H-pyrrole nitrogens is 1. The first kappa shape index (κ1) is 21.6. The van der Waals surface area contributed by atoms with E-state index in [9.17, 15) is 13.2 Å². The number of thiophene rings is 1. The Bertz CT molecular complexity index is 926. The Hall–Kier alpha value is -2.15. The van der Waals surface area contributed by atoms with E-state index in [1.54, 1.807) is 23.6 Å². The van der Waals surface area contributed by atoms with Crippen molar-refractivity contribution in [2.24, 2.45) is 5.92 Å². The van der Waals surface area contributed by atoms with Gasteiger partial charge in [-0.3, -0.25) is 10.1 Å². The van der Waals surface area contributed by atoms with Gasteiger partial charge in [0.25, 0.3) is 0 Å². The second kappa shape index (κ2) is 9.11. The molecule has 0 saturated heterocycles. The number of alkyl halides is 3. The Kier molecular flexibility index (Phi) is 6.77. The minimum Gasteiger partial charge on any atom is -0.273 e. The maximum atomic E-state index is 13.0. The zero-order valence-electron chi connectivity index (χ0n) is 16.9. The molecule has 0 bridgehead atoms. The fourth-order valence-electron chi connectivity index (χ4n) is 3.47. The molecule has 0 amide bonds. The van der Waals surface area contributed by atoms with E-state index in [-0.39, 0.29) is 11.3 Å². The van der Waals surface area contributed by atoms with Crippen molar-refractivity contribution in [3.63, 3.8) is 0 Å². The predicted molar refractivity (Wildman–Crippen MR) is 112 cm³/mol. The second-order valence-electron chi connectivity index (χ2n) is 7.39. The van der Waals surface area contributed by atoms with Crippen LogP contribution >= 0.6 is 11.3 Å². The molecule has 29 heavy (non-hydrogen) atoms. The van der Waals surface area contributed by atoms with Gasteiger partial charge in [-0.05, 0) is 43.5 Å². The summed E-state index contributed by atoms with van der Waals surface area (Å²) < 4.78 is 38.9. The lowest BCUT2D eigenvalue weighted by atomic mass is 9.95. The van der Waals surface area contributed by atoms with Crippen LogP contribution < -0.4 is 0 Å². The molecule has 1 unspecified atom stereocenters. The van der Waals surface area contributed by atoms with E-state index in [0.29, 0.717) is 11.6 Å². The molecule has 0 radical (unpaired) electrons. The van der Waals surface area contributed by atoms with E-state index < -0.39 is 11.9 Å². The first-order valence-corrected chi connectivity index (χ1v) is 10.8. The Morgan fingerprint density at radius 2 is 1.93 bits per heavy atom. The third kappa shape index (κ3) is 5.07. The van der Waals surface area contributed by atoms with Gasteiger partial charge in [-0.2, -0.15) is 18.3 Å². The molecule has 7 heteroatoms. The van der Waals surface area contributed by atoms with E-state index in [1.807, 2.05) is 6.07 Å². The van der Waals surface area contributed by atoms with Gasteiger partial charge in [0.15, 0.2) is 0 Å². The molecule has 3 heterocycles. The highest BCUT2D eigenvalue weighted by Crippen LogP contribution is 2.35. The number of aromatic nitrogens is 3. The van der Waals surface area contributed by atoms with Gasteiger partial charge in [0.1, 0.15) is 11.4 Å². The number of rotatable bonds is 8. The molecular formula is C22H26F3N3S. The molecule has 0 aliphatic heterocycles. The van der Waals surface area contributed by atoms with Gasteiger partial charge >= 0.3 is 6.18 Å². The van der Waals surface area contributed by atoms with E-state index >= 15 is 0 Å². The number of aromatic amines is 1. The van der Waals surface area contributed by atoms with Crippen molar-refractivity contribution >= 4 is 11.3 Å². The largest absolute Gasteiger partial charge is 0.433 e. The Labute approximate surface area is 173 Å². The van der Waals surface area contributed by atoms with Crippen LogP contribution in [0.3, 0.4) is 0 Å². The number of hydrogen-bond donors (Lipinski definition) is 1. The smallest absolute Gasteiger partial charge is 0.273 e. The van der Waals surface area contributed by atoms with Crippen LogP contribution in [0.25, 0.3) is 21.8 Å². The number of nitrogens with one attached hydrogen (secondary N) is 1. The quantitative estimate of drug-likeness (QED) is 0.415. The van der Waals surface area contributed by atoms with Crippen LogP contribution in [0.2, 0.25) is 0 Å². The maximum Gasteiger partial charge on any atom is 0.433 e. The molecule has 3 rings (SSSR count). The number of nitrogens with zero attached hydrogens (tertiary/aromatic N) is 2. The summed E-state index contributed by atoms with van der Waals surface area (Å²) in [6.07, 6.45) is 3.30. The molecule has 0 aromatic carbocycles. The molecule has 3 nitrogen and oxygen atoms in total. The van der Waals surface area contributed by atoms with Gasteiger partial charge in [0.05, 0.1) is 5.69 Å². The van der Waals surface area contributed by atoms with Crippen molar-refractivity contribution in [3.05, 3.63) is 46.6 Å². The number of halogens is 3. The minimum absolute atomic E-state index is 0.0637. The molecule has 0 aliphatic rings. The molecule has 156 valence electrons. The average molecular weight is 422 g/mol. The van der Waals surface area contributed by atoms with Gasteiger partial charge in [0, 0.05) is 27.1 Å². The summed E-state index contributed by atoms with van der Waals surface area (Å²) in [6.45, 7) is 5.88. The standard InChI is InChI=1S/C22H26F3N3S/c1-4-6-7-15(5-2)12-17-9-11-19(29-17)16-8-10-18(26-13-16)20-14(3)21(28-27-20)22(23,24)25/h8-11,13,15H,4-7,12H2,1-3H3,(H,27,28). The Morgan fingerprint density at radius 1 is 1.14 bits per heavy atom. The van der Waals surface area contributed by atoms with Crippen molar-refractivity contribution in [1.29, 1.82) is 0 Å². The molecular weight excluding hydrogens is 395 g/mol. The first-order chi connectivity index (χ1) is 13.8. The van der Waals surface area contributed by atoms with Crippen molar-refractivity contribution in [2.45, 2.75) is 59.1 Å². The van der Waals surface area contributed by atoms with Crippen LogP contribution in [-0.2, 0) is 12.6 Å². The van der Waals surface area contributed by atoms with Gasteiger partial charge in [-0.1, -0.05) is 39.5 Å². The van der Waals surface area contributed by atoms with E-state index in [4.69, 9.17) is 0 Å². The highest BCUT2D eigenvalue weighted by Gasteiger charge is 2.36. The van der Waals surface area contributed by atoms with Crippen molar-refractivity contribution < 1.29 is 13.2 Å². The summed E-state index contributed by atoms with van der Waals surface area (Å²) in [4.78, 5) is 6.86. The first-order valence-electron chi connectivity index (χ1n) is 10.0. The molecule has 0 aliphatic carbocycles. The molecule has 3 aromatic heterocycles. The lowest BCUT2D eigenvalue weighted by molar-refractivity contribution is -0.141. The van der Waals surface area contributed by atoms with Crippen LogP contribution in [0, 0.1) is 12.8 Å². The Balaban J connectivity index is 1.75. The van der Waals surface area contributed by atoms with E-state index in [1.165, 1.54) is 37.5 Å². The molecule has 1 atom stereocenters. The van der Waals surface area contributed by atoms with Crippen LogP contribution in [-0.4, -0.2) is 15.2 Å². The van der Waals surface area contributed by atoms with Crippen LogP contribution in [0.15, 0.2) is 30.5 Å². The van der Waals surface area contributed by atoms with Gasteiger partial charge < -0.3 is 0 Å². The number of pyridine rings is 1. The topological polar surface area (TPSA) is 41.6 Å². The van der Waals surface area contributed by atoms with Crippen molar-refractivity contribution in [1.82, 2.24) is 15.2 Å². The molecule has 1 N–H and O–H groups in total. The summed E-state index contributed by atoms with van der Waals surface area (Å²) in [5.41, 5.74) is 0.873. The Morgan fingerprint density at radius 3 is 2.52 bits per heavy atom. The summed E-state index contributed by atoms with van der Waals surface area (Å²) >= 11 is 1.76. The lowest BCUT2D eigenvalue weighted by Gasteiger charge is -2.12. The number of unbranched alkanes of at least 4 members (excludes halogenated alkanes) is 1. The van der Waals surface area contributed by atoms with Crippen LogP contribution in [0.1, 0.15) is 55.7 Å². The van der Waals surface area contributed by atoms with Crippen molar-refractivity contribution in [3.8, 4) is 21.8 Å². The van der Waals surface area contributed by atoms with E-state index in [2.05, 4.69) is 41.2 Å². The van der Waals surface area contributed by atoms with Crippen molar-refractivity contribution in [2.75, 3.05) is 0 Å². The van der Waals surface area contributed by atoms with Gasteiger partial charge in [-0.25, -0.2) is 0 Å². The highest BCUT2D eigenvalue weighted by atomic mass is 32.1. The monoisotopic (exact) mass is 421 g/mol. The fraction of sp³-hybridized carbons (Fsp3) is 0.455. The highest BCUT2D eigenvalue weighted by molar-refractivity contribution is 7.15. The van der Waals surface area contributed by atoms with Crippen LogP contribution in [0.4, 0.5) is 13.2 Å². The second-order valence-corrected chi connectivity index (χ2v) is 8.56. The lowest BCUT2D eigenvalue weighted by Crippen LogP contribution is -2.07. The molecule has 0 spiro atoms. The normalized spacial score (nSPS) is 13.0. The summed E-state index contributed by atoms with van der Waals surface area (Å²) in [5.74, 6) is 0.715. The predicted octanol–water partition coefficient (Wildman–Crippen LogP) is 7.29. The molecule has 0 fully saturated rings. The maximum absolute atomic E-state index is 13.0.